The Morgan fingerprint density at radius 3 is 2.36 bits per heavy atom. The van der Waals surface area contributed by atoms with Gasteiger partial charge in [0.1, 0.15) is 5.75 Å². The van der Waals surface area contributed by atoms with Gasteiger partial charge < -0.3 is 15.0 Å². The van der Waals surface area contributed by atoms with Crippen LogP contribution in [-0.4, -0.2) is 48.5 Å². The molecule has 0 unspecified atom stereocenters. The lowest BCUT2D eigenvalue weighted by atomic mass is 9.80. The Labute approximate surface area is 154 Å². The van der Waals surface area contributed by atoms with Gasteiger partial charge in [-0.2, -0.15) is 0 Å². The van der Waals surface area contributed by atoms with Crippen molar-refractivity contribution in [3.05, 3.63) is 34.4 Å². The highest BCUT2D eigenvalue weighted by Crippen LogP contribution is 2.31. The van der Waals surface area contributed by atoms with Gasteiger partial charge >= 0.3 is 0 Å². The number of carbonyl (C=O) groups excluding carboxylic acids is 1. The molecule has 1 aromatic rings. The summed E-state index contributed by atoms with van der Waals surface area (Å²) in [6.45, 7) is 0.518. The third-order valence-corrected chi connectivity index (χ3v) is 4.77. The molecule has 8 heteroatoms. The summed E-state index contributed by atoms with van der Waals surface area (Å²) in [6.07, 6.45) is 5.81. The number of amides is 1. The fourth-order valence-corrected chi connectivity index (χ4v) is 3.12. The van der Waals surface area contributed by atoms with Crippen LogP contribution < -0.4 is 10.1 Å². The average Bonchev–Trinajstić information content (AvgIpc) is 2.59. The third kappa shape index (κ3) is 5.86. The Morgan fingerprint density at radius 1 is 1.24 bits per heavy atom. The molecule has 1 aromatic carbocycles. The van der Waals surface area contributed by atoms with Crippen molar-refractivity contribution in [2.45, 2.75) is 37.6 Å². The highest BCUT2D eigenvalue weighted by molar-refractivity contribution is 5.85. The summed E-state index contributed by atoms with van der Waals surface area (Å²) in [5.41, 5.74) is 0.0263. The first kappa shape index (κ1) is 21.2. The van der Waals surface area contributed by atoms with Gasteiger partial charge in [-0.3, -0.25) is 14.9 Å². The molecule has 0 aromatic heterocycles. The molecule has 1 N–H and O–H groups in total. The van der Waals surface area contributed by atoms with E-state index in [0.29, 0.717) is 12.3 Å². The van der Waals surface area contributed by atoms with Crippen LogP contribution in [0.2, 0.25) is 0 Å². The summed E-state index contributed by atoms with van der Waals surface area (Å²) in [5, 5.41) is 13.6. The van der Waals surface area contributed by atoms with Crippen LogP contribution >= 0.6 is 12.4 Å². The van der Waals surface area contributed by atoms with Gasteiger partial charge in [-0.1, -0.05) is 19.3 Å². The van der Waals surface area contributed by atoms with Crippen molar-refractivity contribution in [2.75, 3.05) is 27.2 Å². The molecule has 1 amide bonds. The maximum absolute atomic E-state index is 12.0. The fourth-order valence-electron chi connectivity index (χ4n) is 3.12. The van der Waals surface area contributed by atoms with Gasteiger partial charge in [0.2, 0.25) is 0 Å². The highest BCUT2D eigenvalue weighted by atomic mass is 35.5. The minimum absolute atomic E-state index is 0. The van der Waals surface area contributed by atoms with Crippen molar-refractivity contribution >= 4 is 24.0 Å². The molecule has 1 aliphatic rings. The number of carbonyl (C=O) groups is 1. The van der Waals surface area contributed by atoms with Gasteiger partial charge in [-0.05, 0) is 39.1 Å². The number of nitrogens with one attached hydrogen (secondary N) is 1. The van der Waals surface area contributed by atoms with Crippen LogP contribution in [0.4, 0.5) is 5.69 Å². The quantitative estimate of drug-likeness (QED) is 0.588. The number of hydrogen-bond acceptors (Lipinski definition) is 5. The lowest BCUT2D eigenvalue weighted by Crippen LogP contribution is -2.54. The molecule has 0 atom stereocenters. The Balaban J connectivity index is 0.00000312. The van der Waals surface area contributed by atoms with Crippen molar-refractivity contribution < 1.29 is 14.5 Å². The lowest BCUT2D eigenvalue weighted by molar-refractivity contribution is -0.384. The molecule has 1 fully saturated rings. The van der Waals surface area contributed by atoms with E-state index in [4.69, 9.17) is 4.74 Å². The van der Waals surface area contributed by atoms with Gasteiger partial charge in [0.25, 0.3) is 11.6 Å². The molecule has 140 valence electrons. The number of likely N-dealkylation sites (N-methyl/N-ethyl adjacent to an activating group) is 1. The first-order chi connectivity index (χ1) is 11.4. The number of rotatable bonds is 7. The second-order valence-corrected chi connectivity index (χ2v) is 6.50. The zero-order valence-corrected chi connectivity index (χ0v) is 15.5. The average molecular weight is 372 g/mol. The minimum Gasteiger partial charge on any atom is -0.484 e. The van der Waals surface area contributed by atoms with Gasteiger partial charge in [0.05, 0.1) is 4.92 Å². The third-order valence-electron chi connectivity index (χ3n) is 4.77. The molecule has 25 heavy (non-hydrogen) atoms. The van der Waals surface area contributed by atoms with E-state index in [-0.39, 0.29) is 36.1 Å². The second kappa shape index (κ2) is 9.58. The number of nitro benzene ring substituents is 1. The predicted molar refractivity (Wildman–Crippen MR) is 98.4 cm³/mol. The Bertz CT molecular complexity index is 572. The molecule has 0 radical (unpaired) electrons. The standard InChI is InChI=1S/C17H25N3O4.ClH/c1-19(2)17(10-4-3-5-11-17)13-18-16(21)12-24-15-8-6-14(7-9-15)20(22)23;/h6-9H,3-5,10-13H2,1-2H3,(H,18,21);1H. The van der Waals surface area contributed by atoms with Gasteiger partial charge in [-0.15, -0.1) is 12.4 Å². The van der Waals surface area contributed by atoms with E-state index < -0.39 is 4.92 Å². The molecule has 1 saturated carbocycles. The van der Waals surface area contributed by atoms with Crippen molar-refractivity contribution in [3.63, 3.8) is 0 Å². The molecule has 1 aliphatic carbocycles. The number of nitro groups is 1. The highest BCUT2D eigenvalue weighted by Gasteiger charge is 2.34. The van der Waals surface area contributed by atoms with Crippen LogP contribution in [0.25, 0.3) is 0 Å². The van der Waals surface area contributed by atoms with Gasteiger partial charge in [0, 0.05) is 24.2 Å². The van der Waals surface area contributed by atoms with E-state index in [1.165, 1.54) is 43.5 Å². The van der Waals surface area contributed by atoms with E-state index >= 15 is 0 Å². The Kier molecular flexibility index (Phi) is 8.12. The number of ether oxygens (including phenoxy) is 1. The number of hydrogen-bond donors (Lipinski definition) is 1. The topological polar surface area (TPSA) is 84.7 Å². The van der Waals surface area contributed by atoms with Gasteiger partial charge in [-0.25, -0.2) is 0 Å². The predicted octanol–water partition coefficient (Wildman–Crippen LogP) is 2.78. The summed E-state index contributed by atoms with van der Waals surface area (Å²) in [5.74, 6) is 0.260. The van der Waals surface area contributed by atoms with Crippen LogP contribution in [0.3, 0.4) is 0 Å². The summed E-state index contributed by atoms with van der Waals surface area (Å²) >= 11 is 0. The van der Waals surface area contributed by atoms with Crippen molar-refractivity contribution in [1.82, 2.24) is 10.2 Å². The molecule has 0 spiro atoms. The summed E-state index contributed by atoms with van der Waals surface area (Å²) < 4.78 is 5.39. The van der Waals surface area contributed by atoms with Crippen LogP contribution in [0, 0.1) is 10.1 Å². The van der Waals surface area contributed by atoms with E-state index in [0.717, 1.165) is 12.8 Å². The maximum atomic E-state index is 12.0. The molecule has 0 aliphatic heterocycles. The molecule has 0 saturated heterocycles. The Morgan fingerprint density at radius 2 is 1.84 bits per heavy atom. The van der Waals surface area contributed by atoms with Crippen LogP contribution in [-0.2, 0) is 4.79 Å². The van der Waals surface area contributed by atoms with Crippen LogP contribution in [0.5, 0.6) is 5.75 Å². The monoisotopic (exact) mass is 371 g/mol. The van der Waals surface area contributed by atoms with E-state index in [1.54, 1.807) is 0 Å². The molecular weight excluding hydrogens is 346 g/mol. The maximum Gasteiger partial charge on any atom is 0.269 e. The molecular formula is C17H26ClN3O4. The lowest BCUT2D eigenvalue weighted by Gasteiger charge is -2.43. The van der Waals surface area contributed by atoms with Crippen LogP contribution in [0.1, 0.15) is 32.1 Å². The van der Waals surface area contributed by atoms with Crippen molar-refractivity contribution in [2.24, 2.45) is 0 Å². The molecule has 0 heterocycles. The van der Waals surface area contributed by atoms with E-state index in [9.17, 15) is 14.9 Å². The van der Waals surface area contributed by atoms with Crippen molar-refractivity contribution in [3.8, 4) is 5.75 Å². The first-order valence-corrected chi connectivity index (χ1v) is 8.24. The smallest absolute Gasteiger partial charge is 0.269 e. The fraction of sp³-hybridized carbons (Fsp3) is 0.588. The number of halogens is 1. The summed E-state index contributed by atoms with van der Waals surface area (Å²) in [7, 11) is 4.12. The van der Waals surface area contributed by atoms with Gasteiger partial charge in [0.15, 0.2) is 6.61 Å². The molecule has 2 rings (SSSR count). The summed E-state index contributed by atoms with van der Waals surface area (Å²) in [6, 6.07) is 5.70. The minimum atomic E-state index is -0.471. The summed E-state index contributed by atoms with van der Waals surface area (Å²) in [4.78, 5) is 24.4. The van der Waals surface area contributed by atoms with E-state index in [2.05, 4.69) is 24.3 Å². The largest absolute Gasteiger partial charge is 0.484 e. The zero-order chi connectivity index (χ0) is 17.6. The number of non-ortho nitro benzene ring substituents is 1. The SMILES string of the molecule is CN(C)C1(CNC(=O)COc2ccc([N+](=O)[O-])cc2)CCCCC1.Cl. The first-order valence-electron chi connectivity index (χ1n) is 8.24. The molecule has 0 bridgehead atoms. The Hall–Kier alpha value is -1.86. The number of benzene rings is 1. The normalized spacial score (nSPS) is 16.0. The van der Waals surface area contributed by atoms with Crippen molar-refractivity contribution in [1.29, 1.82) is 0 Å². The molecule has 7 nitrogen and oxygen atoms in total. The zero-order valence-electron chi connectivity index (χ0n) is 14.7. The van der Waals surface area contributed by atoms with Crippen LogP contribution in [0.15, 0.2) is 24.3 Å². The number of nitrogens with zero attached hydrogens (tertiary/aromatic N) is 2. The second-order valence-electron chi connectivity index (χ2n) is 6.50. The van der Waals surface area contributed by atoms with E-state index in [1.807, 2.05) is 0 Å².